The molecule has 2 aromatic carbocycles. The molecule has 0 spiro atoms. The molecular formula is C20H14Cl2N2O6. The van der Waals surface area contributed by atoms with E-state index in [0.717, 1.165) is 17.7 Å². The molecule has 4 atom stereocenters. The maximum absolute atomic E-state index is 13.0. The van der Waals surface area contributed by atoms with Crippen molar-refractivity contribution in [3.63, 3.8) is 0 Å². The number of carbonyl (C=O) groups is 2. The summed E-state index contributed by atoms with van der Waals surface area (Å²) in [4.78, 5) is 37.9. The second-order valence-electron chi connectivity index (χ2n) is 7.47. The highest BCUT2D eigenvalue weighted by Gasteiger charge is 2.62. The van der Waals surface area contributed by atoms with Crippen LogP contribution in [0.25, 0.3) is 0 Å². The van der Waals surface area contributed by atoms with Crippen LogP contribution in [0.4, 0.5) is 11.4 Å². The van der Waals surface area contributed by atoms with Gasteiger partial charge in [-0.3, -0.25) is 19.7 Å². The van der Waals surface area contributed by atoms with Gasteiger partial charge >= 0.3 is 0 Å². The number of nitro benzene ring substituents is 1. The molecule has 2 aromatic rings. The molecule has 0 N–H and O–H groups in total. The van der Waals surface area contributed by atoms with Gasteiger partial charge in [-0.25, -0.2) is 4.90 Å². The zero-order valence-corrected chi connectivity index (χ0v) is 16.8. The van der Waals surface area contributed by atoms with Gasteiger partial charge in [0.25, 0.3) is 5.69 Å². The van der Waals surface area contributed by atoms with Crippen LogP contribution in [0.2, 0.25) is 10.0 Å². The number of fused-ring (bicyclic) bond motifs is 5. The third-order valence-electron chi connectivity index (χ3n) is 5.75. The summed E-state index contributed by atoms with van der Waals surface area (Å²) in [6.07, 6.45) is 0.918. The quantitative estimate of drug-likeness (QED) is 0.391. The van der Waals surface area contributed by atoms with E-state index in [1.54, 1.807) is 6.07 Å². The number of ether oxygens (including phenoxy) is 2. The van der Waals surface area contributed by atoms with Crippen LogP contribution in [0, 0.1) is 22.0 Å². The molecule has 3 fully saturated rings. The topological polar surface area (TPSA) is 99.0 Å². The summed E-state index contributed by atoms with van der Waals surface area (Å²) in [5, 5.41) is 12.1. The first-order valence-electron chi connectivity index (χ1n) is 9.29. The number of hydrogen-bond donors (Lipinski definition) is 0. The Morgan fingerprint density at radius 2 is 1.70 bits per heavy atom. The Labute approximate surface area is 180 Å². The van der Waals surface area contributed by atoms with Crippen molar-refractivity contribution < 1.29 is 24.0 Å². The van der Waals surface area contributed by atoms with E-state index in [0.29, 0.717) is 5.02 Å². The van der Waals surface area contributed by atoms with Gasteiger partial charge in [0, 0.05) is 17.2 Å². The molecule has 10 heteroatoms. The summed E-state index contributed by atoms with van der Waals surface area (Å²) in [6, 6.07) is 8.36. The van der Waals surface area contributed by atoms with E-state index in [4.69, 9.17) is 32.7 Å². The number of nitro groups is 1. The Morgan fingerprint density at radius 1 is 1.03 bits per heavy atom. The van der Waals surface area contributed by atoms with Crippen molar-refractivity contribution in [1.82, 2.24) is 0 Å². The summed E-state index contributed by atoms with van der Waals surface area (Å²) in [6.45, 7) is 0. The maximum atomic E-state index is 13.0. The van der Waals surface area contributed by atoms with Gasteiger partial charge in [0.15, 0.2) is 0 Å². The number of nitrogens with zero attached hydrogens (tertiary/aromatic N) is 2. The van der Waals surface area contributed by atoms with E-state index in [1.807, 2.05) is 0 Å². The predicted octanol–water partition coefficient (Wildman–Crippen LogP) is 4.36. The maximum Gasteiger partial charge on any atom is 0.275 e. The van der Waals surface area contributed by atoms with Crippen molar-refractivity contribution >= 4 is 46.4 Å². The lowest BCUT2D eigenvalue weighted by atomic mass is 9.81. The largest absolute Gasteiger partial charge is 0.455 e. The number of carbonyl (C=O) groups excluding carboxylic acids is 2. The average Bonchev–Trinajstić information content (AvgIpc) is 3.37. The number of non-ortho nitro benzene ring substituents is 1. The highest BCUT2D eigenvalue weighted by atomic mass is 35.5. The van der Waals surface area contributed by atoms with Crippen LogP contribution in [0.5, 0.6) is 11.5 Å². The molecule has 30 heavy (non-hydrogen) atoms. The summed E-state index contributed by atoms with van der Waals surface area (Å²) in [7, 11) is 0. The monoisotopic (exact) mass is 448 g/mol. The van der Waals surface area contributed by atoms with E-state index in [2.05, 4.69) is 0 Å². The van der Waals surface area contributed by atoms with Gasteiger partial charge in [0.05, 0.1) is 45.7 Å². The van der Waals surface area contributed by atoms with E-state index in [-0.39, 0.29) is 40.1 Å². The third-order valence-corrected chi connectivity index (χ3v) is 6.28. The molecule has 3 heterocycles. The Bertz CT molecular complexity index is 1080. The van der Waals surface area contributed by atoms with Gasteiger partial charge in [-0.05, 0) is 31.0 Å². The minimum Gasteiger partial charge on any atom is -0.455 e. The molecule has 0 aliphatic carbocycles. The van der Waals surface area contributed by atoms with Crippen LogP contribution in [0.3, 0.4) is 0 Å². The van der Waals surface area contributed by atoms with Crippen molar-refractivity contribution in [2.75, 3.05) is 4.90 Å². The predicted molar refractivity (Wildman–Crippen MR) is 107 cm³/mol. The minimum absolute atomic E-state index is 0.0697. The van der Waals surface area contributed by atoms with Crippen LogP contribution < -0.4 is 9.64 Å². The molecule has 2 amide bonds. The Balaban J connectivity index is 1.53. The lowest BCUT2D eigenvalue weighted by molar-refractivity contribution is -0.384. The first kappa shape index (κ1) is 19.3. The van der Waals surface area contributed by atoms with Gasteiger partial charge < -0.3 is 9.47 Å². The van der Waals surface area contributed by atoms with Crippen molar-refractivity contribution in [3.8, 4) is 11.5 Å². The molecular weight excluding hydrogens is 435 g/mol. The number of hydrogen-bond acceptors (Lipinski definition) is 6. The SMILES string of the molecule is O=C1[C@@H]2[C@@H](C(=O)N1c1cc(Oc3ccc(Cl)cc3Cl)cc([N+](=O)[O-])c1)[C@@H]1CC[C@@H]2O1. The van der Waals surface area contributed by atoms with Gasteiger partial charge in [-0.2, -0.15) is 0 Å². The smallest absolute Gasteiger partial charge is 0.275 e. The second kappa shape index (κ2) is 6.94. The van der Waals surface area contributed by atoms with Gasteiger partial charge in [0.1, 0.15) is 11.5 Å². The minimum atomic E-state index is -0.613. The molecule has 8 nitrogen and oxygen atoms in total. The van der Waals surface area contributed by atoms with Gasteiger partial charge in [-0.1, -0.05) is 23.2 Å². The Kier molecular flexibility index (Phi) is 4.46. The van der Waals surface area contributed by atoms with Crippen molar-refractivity contribution in [2.45, 2.75) is 25.0 Å². The molecule has 3 aliphatic heterocycles. The van der Waals surface area contributed by atoms with E-state index < -0.39 is 28.6 Å². The molecule has 0 radical (unpaired) electrons. The molecule has 2 bridgehead atoms. The second-order valence-corrected chi connectivity index (χ2v) is 8.32. The van der Waals surface area contributed by atoms with Crippen molar-refractivity contribution in [1.29, 1.82) is 0 Å². The number of rotatable bonds is 4. The summed E-state index contributed by atoms with van der Waals surface area (Å²) in [5.41, 5.74) is -0.224. The molecule has 3 saturated heterocycles. The molecule has 0 unspecified atom stereocenters. The summed E-state index contributed by atoms with van der Waals surface area (Å²) >= 11 is 12.0. The van der Waals surface area contributed by atoms with Crippen molar-refractivity contribution in [2.24, 2.45) is 11.8 Å². The van der Waals surface area contributed by atoms with E-state index in [1.165, 1.54) is 30.3 Å². The van der Waals surface area contributed by atoms with Gasteiger partial charge in [-0.15, -0.1) is 0 Å². The summed E-state index contributed by atoms with van der Waals surface area (Å²) in [5.74, 6) is -1.56. The van der Waals surface area contributed by atoms with Crippen LogP contribution in [-0.2, 0) is 14.3 Å². The lowest BCUT2D eigenvalue weighted by Gasteiger charge is -2.18. The standard InChI is InChI=1S/C20H14Cl2N2O6/c21-9-1-2-14(13(22)5-9)29-12-7-10(6-11(8-12)24(27)28)23-19(25)17-15-3-4-16(30-15)18(17)20(23)26/h1-2,5-8,15-18H,3-4H2/t15-,16-,17-,18-/m0/s1. The Hall–Kier alpha value is -2.68. The van der Waals surface area contributed by atoms with Crippen LogP contribution in [0.15, 0.2) is 36.4 Å². The molecule has 5 rings (SSSR count). The van der Waals surface area contributed by atoms with Gasteiger partial charge in [0.2, 0.25) is 11.8 Å². The van der Waals surface area contributed by atoms with E-state index in [9.17, 15) is 19.7 Å². The highest BCUT2D eigenvalue weighted by molar-refractivity contribution is 6.35. The zero-order chi connectivity index (χ0) is 21.2. The van der Waals surface area contributed by atoms with Crippen LogP contribution in [0.1, 0.15) is 12.8 Å². The average molecular weight is 449 g/mol. The number of benzene rings is 2. The van der Waals surface area contributed by atoms with Crippen LogP contribution in [-0.4, -0.2) is 28.9 Å². The highest BCUT2D eigenvalue weighted by Crippen LogP contribution is 2.50. The Morgan fingerprint density at radius 3 is 2.30 bits per heavy atom. The normalized spacial score (nSPS) is 26.9. The van der Waals surface area contributed by atoms with Crippen LogP contribution >= 0.6 is 23.2 Å². The summed E-state index contributed by atoms with van der Waals surface area (Å²) < 4.78 is 11.4. The van der Waals surface area contributed by atoms with E-state index >= 15 is 0 Å². The molecule has 154 valence electrons. The number of amides is 2. The molecule has 0 saturated carbocycles. The number of anilines is 1. The fourth-order valence-electron chi connectivity index (χ4n) is 4.51. The number of imide groups is 1. The fraction of sp³-hybridized carbons (Fsp3) is 0.300. The third kappa shape index (κ3) is 2.94. The number of halogens is 2. The fourth-order valence-corrected chi connectivity index (χ4v) is 4.96. The lowest BCUT2D eigenvalue weighted by Crippen LogP contribution is -2.34. The first-order valence-corrected chi connectivity index (χ1v) is 10.0. The van der Waals surface area contributed by atoms with Crippen molar-refractivity contribution in [3.05, 3.63) is 56.6 Å². The molecule has 3 aliphatic rings. The first-order chi connectivity index (χ1) is 14.3. The molecule has 0 aromatic heterocycles. The zero-order valence-electron chi connectivity index (χ0n) is 15.3.